The van der Waals surface area contributed by atoms with Crippen molar-refractivity contribution in [2.45, 2.75) is 44.6 Å². The zero-order valence-corrected chi connectivity index (χ0v) is 10.5. The van der Waals surface area contributed by atoms with E-state index in [1.807, 2.05) is 0 Å². The molecular weight excluding hydrogens is 236 g/mol. The van der Waals surface area contributed by atoms with Crippen molar-refractivity contribution in [1.82, 2.24) is 5.32 Å². The molecule has 6 nitrogen and oxygen atoms in total. The van der Waals surface area contributed by atoms with Gasteiger partial charge in [0.15, 0.2) is 0 Å². The van der Waals surface area contributed by atoms with E-state index in [0.717, 1.165) is 19.3 Å². The van der Waals surface area contributed by atoms with Crippen molar-refractivity contribution in [3.8, 4) is 0 Å². The van der Waals surface area contributed by atoms with E-state index in [9.17, 15) is 9.59 Å². The normalized spacial score (nSPS) is 20.1. The fraction of sp³-hybridized carbons (Fsp3) is 0.833. The van der Waals surface area contributed by atoms with Crippen LogP contribution in [0, 0.1) is 5.41 Å². The van der Waals surface area contributed by atoms with Gasteiger partial charge in [-0.15, -0.1) is 0 Å². The summed E-state index contributed by atoms with van der Waals surface area (Å²) < 4.78 is 0. The zero-order chi connectivity index (χ0) is 13.6. The fourth-order valence-electron chi connectivity index (χ4n) is 2.45. The third-order valence-corrected chi connectivity index (χ3v) is 3.70. The first kappa shape index (κ1) is 14.9. The summed E-state index contributed by atoms with van der Waals surface area (Å²) in [4.78, 5) is 23.1. The van der Waals surface area contributed by atoms with Crippen molar-refractivity contribution >= 4 is 11.9 Å². The van der Waals surface area contributed by atoms with Crippen molar-refractivity contribution in [3.05, 3.63) is 0 Å². The van der Waals surface area contributed by atoms with Gasteiger partial charge in [-0.2, -0.15) is 0 Å². The van der Waals surface area contributed by atoms with Crippen LogP contribution in [-0.4, -0.2) is 41.3 Å². The van der Waals surface area contributed by atoms with E-state index in [1.165, 1.54) is 0 Å². The lowest BCUT2D eigenvalue weighted by Crippen LogP contribution is -2.52. The van der Waals surface area contributed by atoms with Crippen molar-refractivity contribution in [2.75, 3.05) is 13.2 Å². The highest BCUT2D eigenvalue weighted by Gasteiger charge is 2.39. The second-order valence-corrected chi connectivity index (χ2v) is 4.92. The summed E-state index contributed by atoms with van der Waals surface area (Å²) in [5, 5.41) is 20.2. The first-order chi connectivity index (χ1) is 8.55. The topological polar surface area (TPSA) is 113 Å². The highest BCUT2D eigenvalue weighted by molar-refractivity contribution is 5.87. The highest BCUT2D eigenvalue weighted by Crippen LogP contribution is 2.35. The Morgan fingerprint density at radius 1 is 1.28 bits per heavy atom. The quantitative estimate of drug-likeness (QED) is 0.529. The van der Waals surface area contributed by atoms with Gasteiger partial charge in [0.1, 0.15) is 6.04 Å². The van der Waals surface area contributed by atoms with Gasteiger partial charge in [0.05, 0.1) is 5.41 Å². The number of aliphatic carboxylic acids is 1. The summed E-state index contributed by atoms with van der Waals surface area (Å²) >= 11 is 0. The monoisotopic (exact) mass is 258 g/mol. The Labute approximate surface area is 107 Å². The van der Waals surface area contributed by atoms with E-state index >= 15 is 0 Å². The van der Waals surface area contributed by atoms with E-state index < -0.39 is 17.4 Å². The van der Waals surface area contributed by atoms with Crippen LogP contribution in [0.25, 0.3) is 0 Å². The Hall–Kier alpha value is -1.14. The molecule has 1 aliphatic carbocycles. The first-order valence-electron chi connectivity index (χ1n) is 6.40. The van der Waals surface area contributed by atoms with E-state index in [-0.39, 0.29) is 25.5 Å². The number of nitrogens with one attached hydrogen (secondary N) is 1. The summed E-state index contributed by atoms with van der Waals surface area (Å²) in [5.41, 5.74) is 5.08. The van der Waals surface area contributed by atoms with Crippen molar-refractivity contribution in [1.29, 1.82) is 0 Å². The second-order valence-electron chi connectivity index (χ2n) is 4.92. The molecule has 0 aromatic carbocycles. The average Bonchev–Trinajstić information content (AvgIpc) is 2.38. The number of carbonyl (C=O) groups is 2. The Balaban J connectivity index is 2.68. The Morgan fingerprint density at radius 3 is 2.33 bits per heavy atom. The van der Waals surface area contributed by atoms with E-state index in [1.54, 1.807) is 0 Å². The number of nitrogens with two attached hydrogens (primary N) is 1. The molecule has 0 heterocycles. The van der Waals surface area contributed by atoms with Gasteiger partial charge >= 0.3 is 5.97 Å². The lowest BCUT2D eigenvalue weighted by Gasteiger charge is -2.35. The van der Waals surface area contributed by atoms with Gasteiger partial charge in [0, 0.05) is 19.6 Å². The molecule has 0 aromatic rings. The molecule has 0 unspecified atom stereocenters. The van der Waals surface area contributed by atoms with Gasteiger partial charge in [0.25, 0.3) is 0 Å². The van der Waals surface area contributed by atoms with Crippen LogP contribution in [0.1, 0.15) is 38.5 Å². The molecule has 1 saturated carbocycles. The maximum Gasteiger partial charge on any atom is 0.326 e. The molecule has 6 heteroatoms. The molecule has 0 bridgehead atoms. The van der Waals surface area contributed by atoms with E-state index in [2.05, 4.69) is 5.32 Å². The minimum absolute atomic E-state index is 0.0156. The molecular formula is C12H22N2O4. The number of amides is 1. The predicted molar refractivity (Wildman–Crippen MR) is 65.8 cm³/mol. The Kier molecular flexibility index (Phi) is 5.55. The smallest absolute Gasteiger partial charge is 0.326 e. The SMILES string of the molecule is NCC1(C(=O)N[C@@H](CCO)C(=O)O)CCCCC1. The molecule has 1 amide bonds. The van der Waals surface area contributed by atoms with Crippen LogP contribution in [-0.2, 0) is 9.59 Å². The summed E-state index contributed by atoms with van der Waals surface area (Å²) in [6.45, 7) is -0.0306. The number of hydrogen-bond donors (Lipinski definition) is 4. The Morgan fingerprint density at radius 2 is 1.89 bits per heavy atom. The third kappa shape index (κ3) is 3.43. The zero-order valence-electron chi connectivity index (χ0n) is 10.5. The molecule has 1 fully saturated rings. The maximum atomic E-state index is 12.2. The number of carboxylic acids is 1. The first-order valence-corrected chi connectivity index (χ1v) is 6.40. The minimum atomic E-state index is -1.12. The minimum Gasteiger partial charge on any atom is -0.480 e. The van der Waals surface area contributed by atoms with Gasteiger partial charge in [-0.25, -0.2) is 4.79 Å². The van der Waals surface area contributed by atoms with Crippen LogP contribution < -0.4 is 11.1 Å². The molecule has 0 saturated heterocycles. The number of aliphatic hydroxyl groups excluding tert-OH is 1. The van der Waals surface area contributed by atoms with Crippen LogP contribution in [0.3, 0.4) is 0 Å². The molecule has 0 radical (unpaired) electrons. The van der Waals surface area contributed by atoms with E-state index in [4.69, 9.17) is 15.9 Å². The molecule has 18 heavy (non-hydrogen) atoms. The largest absolute Gasteiger partial charge is 0.480 e. The summed E-state index contributed by atoms with van der Waals surface area (Å²) in [7, 11) is 0. The maximum absolute atomic E-state index is 12.2. The van der Waals surface area contributed by atoms with Gasteiger partial charge < -0.3 is 21.3 Å². The molecule has 1 aliphatic rings. The molecule has 0 aromatic heterocycles. The molecule has 0 aliphatic heterocycles. The summed E-state index contributed by atoms with van der Waals surface area (Å²) in [5.74, 6) is -1.41. The average molecular weight is 258 g/mol. The number of carbonyl (C=O) groups excluding carboxylic acids is 1. The highest BCUT2D eigenvalue weighted by atomic mass is 16.4. The fourth-order valence-corrected chi connectivity index (χ4v) is 2.45. The van der Waals surface area contributed by atoms with Crippen molar-refractivity contribution < 1.29 is 19.8 Å². The second kappa shape index (κ2) is 6.70. The van der Waals surface area contributed by atoms with Crippen LogP contribution in [0.4, 0.5) is 0 Å². The summed E-state index contributed by atoms with van der Waals surface area (Å²) in [6.07, 6.45) is 4.42. The molecule has 0 spiro atoms. The molecule has 5 N–H and O–H groups in total. The molecule has 1 rings (SSSR count). The third-order valence-electron chi connectivity index (χ3n) is 3.70. The lowest BCUT2D eigenvalue weighted by atomic mass is 9.73. The van der Waals surface area contributed by atoms with Crippen molar-refractivity contribution in [2.24, 2.45) is 11.1 Å². The number of aliphatic hydroxyl groups is 1. The summed E-state index contributed by atoms with van der Waals surface area (Å²) in [6, 6.07) is -1.03. The van der Waals surface area contributed by atoms with Crippen molar-refractivity contribution in [3.63, 3.8) is 0 Å². The van der Waals surface area contributed by atoms with Crippen LogP contribution in [0.2, 0.25) is 0 Å². The number of hydrogen-bond acceptors (Lipinski definition) is 4. The predicted octanol–water partition coefficient (Wildman–Crippen LogP) is -0.153. The van der Waals surface area contributed by atoms with Gasteiger partial charge in [-0.3, -0.25) is 4.79 Å². The number of carboxylic acid groups (broad SMARTS) is 1. The number of rotatable bonds is 6. The van der Waals surface area contributed by atoms with Gasteiger partial charge in [-0.05, 0) is 12.8 Å². The molecule has 104 valence electrons. The van der Waals surface area contributed by atoms with Crippen LogP contribution in [0.15, 0.2) is 0 Å². The van der Waals surface area contributed by atoms with Crippen LogP contribution >= 0.6 is 0 Å². The van der Waals surface area contributed by atoms with E-state index in [0.29, 0.717) is 12.8 Å². The lowest BCUT2D eigenvalue weighted by molar-refractivity contribution is -0.144. The van der Waals surface area contributed by atoms with Gasteiger partial charge in [-0.1, -0.05) is 19.3 Å². The van der Waals surface area contributed by atoms with Crippen LogP contribution in [0.5, 0.6) is 0 Å². The standard InChI is InChI=1S/C12H22N2O4/c13-8-12(5-2-1-3-6-12)11(18)14-9(4-7-15)10(16)17/h9,15H,1-8,13H2,(H,14,18)(H,16,17)/t9-/m0/s1. The van der Waals surface area contributed by atoms with Gasteiger partial charge in [0.2, 0.25) is 5.91 Å². The Bertz CT molecular complexity index is 300. The molecule has 1 atom stereocenters.